The van der Waals surface area contributed by atoms with Crippen LogP contribution in [0, 0.1) is 10.1 Å². The van der Waals surface area contributed by atoms with Crippen LogP contribution in [0.2, 0.25) is 0 Å². The van der Waals surface area contributed by atoms with Crippen LogP contribution in [0.25, 0.3) is 10.2 Å². The van der Waals surface area contributed by atoms with Crippen LogP contribution in [-0.2, 0) is 6.54 Å². The fraction of sp³-hybridized carbons (Fsp3) is 0.0769. The fourth-order valence-corrected chi connectivity index (χ4v) is 2.79. The molecule has 2 aromatic heterocycles. The van der Waals surface area contributed by atoms with E-state index in [4.69, 9.17) is 0 Å². The first-order valence-corrected chi connectivity index (χ1v) is 6.70. The van der Waals surface area contributed by atoms with Gasteiger partial charge in [-0.1, -0.05) is 18.2 Å². The average molecular weight is 287 g/mol. The van der Waals surface area contributed by atoms with Crippen molar-refractivity contribution >= 4 is 27.2 Å². The number of aromatic nitrogens is 2. The molecule has 2 heterocycles. The van der Waals surface area contributed by atoms with Crippen molar-refractivity contribution in [2.75, 3.05) is 0 Å². The van der Waals surface area contributed by atoms with Crippen LogP contribution in [0.1, 0.15) is 5.56 Å². The number of fused-ring (bicyclic) bond motifs is 1. The first-order valence-electron chi connectivity index (χ1n) is 5.82. The highest BCUT2D eigenvalue weighted by Gasteiger charge is 2.14. The second-order valence-corrected chi connectivity index (χ2v) is 5.11. The quantitative estimate of drug-likeness (QED) is 0.547. The Morgan fingerprint density at radius 3 is 2.90 bits per heavy atom. The monoisotopic (exact) mass is 287 g/mol. The number of nitro groups is 1. The Bertz CT molecular complexity index is 853. The van der Waals surface area contributed by atoms with Gasteiger partial charge in [0.05, 0.1) is 23.3 Å². The summed E-state index contributed by atoms with van der Waals surface area (Å²) in [5, 5.41) is 12.8. The third-order valence-corrected chi connectivity index (χ3v) is 3.86. The van der Waals surface area contributed by atoms with Gasteiger partial charge >= 0.3 is 0 Å². The zero-order chi connectivity index (χ0) is 14.1. The lowest BCUT2D eigenvalue weighted by molar-refractivity contribution is -0.385. The summed E-state index contributed by atoms with van der Waals surface area (Å²) in [6.45, 7) is 0.136. The molecule has 0 radical (unpaired) electrons. The standard InChI is InChI=1S/C13H9N3O3S/c17-13-12-10(5-6-20-12)14-8-15(13)7-9-3-1-2-4-11(9)16(18)19/h1-6,8H,7H2. The molecule has 3 rings (SSSR count). The van der Waals surface area contributed by atoms with E-state index in [2.05, 4.69) is 4.98 Å². The molecule has 0 saturated carbocycles. The second kappa shape index (κ2) is 4.86. The molecule has 0 unspecified atom stereocenters. The van der Waals surface area contributed by atoms with Crippen LogP contribution in [0.3, 0.4) is 0 Å². The minimum absolute atomic E-state index is 0.00526. The lowest BCUT2D eigenvalue weighted by Gasteiger charge is -2.05. The molecular weight excluding hydrogens is 278 g/mol. The van der Waals surface area contributed by atoms with E-state index < -0.39 is 4.92 Å². The summed E-state index contributed by atoms with van der Waals surface area (Å²) in [6.07, 6.45) is 1.42. The summed E-state index contributed by atoms with van der Waals surface area (Å²) >= 11 is 1.32. The molecule has 0 spiro atoms. The number of nitro benzene ring substituents is 1. The Balaban J connectivity index is 2.08. The van der Waals surface area contributed by atoms with Crippen LogP contribution < -0.4 is 5.56 Å². The molecule has 0 atom stereocenters. The molecule has 0 aliphatic rings. The molecular formula is C13H9N3O3S. The second-order valence-electron chi connectivity index (χ2n) is 4.20. The molecule has 0 N–H and O–H groups in total. The van der Waals surface area contributed by atoms with E-state index in [0.717, 1.165) is 0 Å². The van der Waals surface area contributed by atoms with Crippen LogP contribution in [-0.4, -0.2) is 14.5 Å². The van der Waals surface area contributed by atoms with Crippen molar-refractivity contribution in [1.82, 2.24) is 9.55 Å². The van der Waals surface area contributed by atoms with Crippen molar-refractivity contribution in [3.8, 4) is 0 Å². The molecule has 6 nitrogen and oxygen atoms in total. The maximum atomic E-state index is 12.2. The third-order valence-electron chi connectivity index (χ3n) is 2.96. The van der Waals surface area contributed by atoms with Crippen molar-refractivity contribution in [3.63, 3.8) is 0 Å². The van der Waals surface area contributed by atoms with Crippen LogP contribution in [0.4, 0.5) is 5.69 Å². The topological polar surface area (TPSA) is 78.0 Å². The fourth-order valence-electron chi connectivity index (χ4n) is 2.00. The zero-order valence-corrected chi connectivity index (χ0v) is 11.0. The smallest absolute Gasteiger partial charge is 0.274 e. The van der Waals surface area contributed by atoms with Crippen molar-refractivity contribution in [2.24, 2.45) is 0 Å². The summed E-state index contributed by atoms with van der Waals surface area (Å²) in [7, 11) is 0. The Labute approximate surface area is 117 Å². The molecule has 3 aromatic rings. The maximum absolute atomic E-state index is 12.2. The Kier molecular flexibility index (Phi) is 3.03. The minimum Gasteiger partial charge on any atom is -0.293 e. The number of nitrogens with zero attached hydrogens (tertiary/aromatic N) is 3. The van der Waals surface area contributed by atoms with Gasteiger partial charge in [0.15, 0.2) is 0 Å². The van der Waals surface area contributed by atoms with Crippen LogP contribution in [0.15, 0.2) is 46.8 Å². The zero-order valence-electron chi connectivity index (χ0n) is 10.2. The lowest BCUT2D eigenvalue weighted by Crippen LogP contribution is -2.20. The van der Waals surface area contributed by atoms with Crippen molar-refractivity contribution in [1.29, 1.82) is 0 Å². The molecule has 0 bridgehead atoms. The SMILES string of the molecule is O=c1c2sccc2ncn1Cc1ccccc1[N+](=O)[O-]. The van der Waals surface area contributed by atoms with E-state index in [9.17, 15) is 14.9 Å². The van der Waals surface area contributed by atoms with Gasteiger partial charge in [-0.15, -0.1) is 11.3 Å². The van der Waals surface area contributed by atoms with E-state index in [0.29, 0.717) is 15.8 Å². The predicted molar refractivity (Wildman–Crippen MR) is 76.1 cm³/mol. The maximum Gasteiger partial charge on any atom is 0.274 e. The van der Waals surface area contributed by atoms with Gasteiger partial charge < -0.3 is 0 Å². The normalized spacial score (nSPS) is 10.8. The lowest BCUT2D eigenvalue weighted by atomic mass is 10.2. The van der Waals surface area contributed by atoms with E-state index in [1.807, 2.05) is 0 Å². The van der Waals surface area contributed by atoms with Gasteiger partial charge in [-0.3, -0.25) is 19.5 Å². The molecule has 0 fully saturated rings. The largest absolute Gasteiger partial charge is 0.293 e. The van der Waals surface area contributed by atoms with Gasteiger partial charge in [-0.05, 0) is 11.4 Å². The van der Waals surface area contributed by atoms with E-state index in [1.165, 1.54) is 28.3 Å². The predicted octanol–water partition coefficient (Wildman–Crippen LogP) is 2.41. The van der Waals surface area contributed by atoms with Gasteiger partial charge in [0.2, 0.25) is 0 Å². The van der Waals surface area contributed by atoms with Crippen LogP contribution in [0.5, 0.6) is 0 Å². The summed E-state index contributed by atoms with van der Waals surface area (Å²) < 4.78 is 1.95. The number of thiophene rings is 1. The third kappa shape index (κ3) is 2.08. The molecule has 100 valence electrons. The number of para-hydroxylation sites is 1. The van der Waals surface area contributed by atoms with Gasteiger partial charge in [-0.2, -0.15) is 0 Å². The molecule has 0 amide bonds. The number of benzene rings is 1. The minimum atomic E-state index is -0.447. The highest BCUT2D eigenvalue weighted by Crippen LogP contribution is 2.19. The molecule has 20 heavy (non-hydrogen) atoms. The average Bonchev–Trinajstić information content (AvgIpc) is 2.91. The van der Waals surface area contributed by atoms with E-state index >= 15 is 0 Å². The highest BCUT2D eigenvalue weighted by molar-refractivity contribution is 7.17. The molecule has 0 aliphatic heterocycles. The Morgan fingerprint density at radius 1 is 1.30 bits per heavy atom. The Hall–Kier alpha value is -2.54. The number of hydrogen-bond donors (Lipinski definition) is 0. The van der Waals surface area contributed by atoms with Crippen molar-refractivity contribution in [3.05, 3.63) is 68.1 Å². The summed E-state index contributed by atoms with van der Waals surface area (Å²) in [5.41, 5.74) is 0.963. The van der Waals surface area contributed by atoms with E-state index in [1.54, 1.807) is 29.6 Å². The molecule has 0 saturated heterocycles. The van der Waals surface area contributed by atoms with Crippen molar-refractivity contribution in [2.45, 2.75) is 6.54 Å². The summed E-state index contributed by atoms with van der Waals surface area (Å²) in [6, 6.07) is 8.16. The van der Waals surface area contributed by atoms with Crippen LogP contribution >= 0.6 is 11.3 Å². The summed E-state index contributed by atoms with van der Waals surface area (Å²) in [4.78, 5) is 26.9. The van der Waals surface area contributed by atoms with Gasteiger partial charge in [0.25, 0.3) is 11.2 Å². The van der Waals surface area contributed by atoms with E-state index in [-0.39, 0.29) is 17.8 Å². The first kappa shape index (κ1) is 12.5. The summed E-state index contributed by atoms with van der Waals surface area (Å²) in [5.74, 6) is 0. The number of rotatable bonds is 3. The van der Waals surface area contributed by atoms with Gasteiger partial charge in [0, 0.05) is 11.6 Å². The van der Waals surface area contributed by atoms with Gasteiger partial charge in [0.1, 0.15) is 4.70 Å². The number of hydrogen-bond acceptors (Lipinski definition) is 5. The molecule has 0 aliphatic carbocycles. The van der Waals surface area contributed by atoms with Gasteiger partial charge in [-0.25, -0.2) is 4.98 Å². The highest BCUT2D eigenvalue weighted by atomic mass is 32.1. The Morgan fingerprint density at radius 2 is 2.10 bits per heavy atom. The first-order chi connectivity index (χ1) is 9.66. The molecule has 1 aromatic carbocycles. The molecule has 7 heteroatoms. The van der Waals surface area contributed by atoms with Crippen molar-refractivity contribution < 1.29 is 4.92 Å².